The van der Waals surface area contributed by atoms with Crippen LogP contribution < -0.4 is 5.73 Å². The van der Waals surface area contributed by atoms with E-state index >= 15 is 0 Å². The summed E-state index contributed by atoms with van der Waals surface area (Å²) in [5.74, 6) is 0.850. The van der Waals surface area contributed by atoms with Gasteiger partial charge in [0.2, 0.25) is 0 Å². The highest BCUT2D eigenvalue weighted by atomic mass is 35.5. The van der Waals surface area contributed by atoms with Crippen molar-refractivity contribution >= 4 is 29.0 Å². The molecule has 1 heterocycles. The molecule has 0 bridgehead atoms. The number of rotatable bonds is 0. The van der Waals surface area contributed by atoms with Crippen LogP contribution in [0.3, 0.4) is 0 Å². The van der Waals surface area contributed by atoms with E-state index in [0.717, 1.165) is 11.2 Å². The monoisotopic (exact) mass is 196 g/mol. The topological polar surface area (TPSA) is 30.9 Å². The minimum atomic E-state index is 0. The number of aryl methyl sites for hydroxylation is 1. The number of aromatic nitrogens is 1. The van der Waals surface area contributed by atoms with Crippen molar-refractivity contribution in [2.24, 2.45) is 7.05 Å². The van der Waals surface area contributed by atoms with Gasteiger partial charge in [-0.1, -0.05) is 24.3 Å². The zero-order valence-corrected chi connectivity index (χ0v) is 8.56. The Kier molecular flexibility index (Phi) is 2.52. The zero-order valence-electron chi connectivity index (χ0n) is 7.74. The lowest BCUT2D eigenvalue weighted by Gasteiger charge is -1.97. The summed E-state index contributed by atoms with van der Waals surface area (Å²) in [5.41, 5.74) is 7.13. The van der Waals surface area contributed by atoms with Gasteiger partial charge in [0.05, 0.1) is 0 Å². The smallest absolute Gasteiger partial charge is 0.111 e. The SMILES string of the molecule is Cc1c2ccccc2c(N)n1C.Cl. The number of nitrogens with two attached hydrogens (primary N) is 1. The lowest BCUT2D eigenvalue weighted by molar-refractivity contribution is 0.901. The largest absolute Gasteiger partial charge is 0.385 e. The van der Waals surface area contributed by atoms with Crippen LogP contribution in [0.5, 0.6) is 0 Å². The predicted molar refractivity (Wildman–Crippen MR) is 59.3 cm³/mol. The molecule has 0 aliphatic rings. The first-order valence-corrected chi connectivity index (χ1v) is 4.01. The van der Waals surface area contributed by atoms with E-state index in [0.29, 0.717) is 0 Å². The molecule has 0 radical (unpaired) electrons. The summed E-state index contributed by atoms with van der Waals surface area (Å²) in [4.78, 5) is 0. The summed E-state index contributed by atoms with van der Waals surface area (Å²) >= 11 is 0. The second-order valence-electron chi connectivity index (χ2n) is 3.08. The van der Waals surface area contributed by atoms with Gasteiger partial charge in [-0.2, -0.15) is 0 Å². The molecule has 3 heteroatoms. The molecule has 2 rings (SSSR count). The molecule has 0 fully saturated rings. The molecule has 1 aromatic heterocycles. The third-order valence-electron chi connectivity index (χ3n) is 2.46. The maximum absolute atomic E-state index is 5.90. The van der Waals surface area contributed by atoms with Gasteiger partial charge in [0.15, 0.2) is 0 Å². The van der Waals surface area contributed by atoms with Crippen LogP contribution in [0.25, 0.3) is 10.8 Å². The third-order valence-corrected chi connectivity index (χ3v) is 2.46. The zero-order chi connectivity index (χ0) is 8.72. The van der Waals surface area contributed by atoms with Crippen molar-refractivity contribution in [1.29, 1.82) is 0 Å². The molecule has 0 saturated heterocycles. The van der Waals surface area contributed by atoms with Crippen molar-refractivity contribution in [1.82, 2.24) is 4.57 Å². The lowest BCUT2D eigenvalue weighted by Crippen LogP contribution is -1.96. The number of fused-ring (bicyclic) bond motifs is 1. The van der Waals surface area contributed by atoms with Gasteiger partial charge in [0.1, 0.15) is 5.82 Å². The minimum absolute atomic E-state index is 0. The Hall–Kier alpha value is -1.15. The highest BCUT2D eigenvalue weighted by molar-refractivity contribution is 5.94. The van der Waals surface area contributed by atoms with Crippen molar-refractivity contribution in [3.63, 3.8) is 0 Å². The van der Waals surface area contributed by atoms with Crippen molar-refractivity contribution < 1.29 is 0 Å². The van der Waals surface area contributed by atoms with Crippen molar-refractivity contribution in [3.05, 3.63) is 30.0 Å². The van der Waals surface area contributed by atoms with Crippen molar-refractivity contribution in [3.8, 4) is 0 Å². The van der Waals surface area contributed by atoms with Gasteiger partial charge in [-0.05, 0) is 6.92 Å². The Bertz CT molecular complexity index is 393. The van der Waals surface area contributed by atoms with Gasteiger partial charge < -0.3 is 10.3 Å². The summed E-state index contributed by atoms with van der Waals surface area (Å²) in [6, 6.07) is 8.20. The first-order chi connectivity index (χ1) is 5.72. The fourth-order valence-electron chi connectivity index (χ4n) is 1.56. The van der Waals surface area contributed by atoms with Crippen LogP contribution in [0.15, 0.2) is 24.3 Å². The van der Waals surface area contributed by atoms with Gasteiger partial charge in [-0.25, -0.2) is 0 Å². The number of benzene rings is 1. The fraction of sp³-hybridized carbons (Fsp3) is 0.200. The minimum Gasteiger partial charge on any atom is -0.385 e. The molecule has 13 heavy (non-hydrogen) atoms. The predicted octanol–water partition coefficient (Wildman–Crippen LogP) is 2.49. The van der Waals surface area contributed by atoms with Crippen LogP contribution in [0.1, 0.15) is 5.69 Å². The maximum Gasteiger partial charge on any atom is 0.111 e. The van der Waals surface area contributed by atoms with Crippen LogP contribution in [0, 0.1) is 6.92 Å². The van der Waals surface area contributed by atoms with E-state index in [1.165, 1.54) is 11.1 Å². The van der Waals surface area contributed by atoms with E-state index in [1.54, 1.807) is 0 Å². The van der Waals surface area contributed by atoms with Crippen LogP contribution >= 0.6 is 12.4 Å². The summed E-state index contributed by atoms with van der Waals surface area (Å²) in [6.07, 6.45) is 0. The number of anilines is 1. The van der Waals surface area contributed by atoms with Crippen molar-refractivity contribution in [2.45, 2.75) is 6.92 Å². The van der Waals surface area contributed by atoms with E-state index in [9.17, 15) is 0 Å². The molecule has 0 atom stereocenters. The number of nitrogen functional groups attached to an aromatic ring is 1. The van der Waals surface area contributed by atoms with Crippen LogP contribution in [0.2, 0.25) is 0 Å². The Balaban J connectivity index is 0.000000845. The van der Waals surface area contributed by atoms with E-state index in [-0.39, 0.29) is 12.4 Å². The molecule has 1 aromatic carbocycles. The fourth-order valence-corrected chi connectivity index (χ4v) is 1.56. The van der Waals surface area contributed by atoms with E-state index in [4.69, 9.17) is 5.73 Å². The molecule has 2 aromatic rings. The Morgan fingerprint density at radius 2 is 1.69 bits per heavy atom. The van der Waals surface area contributed by atoms with Gasteiger partial charge in [-0.15, -0.1) is 12.4 Å². The van der Waals surface area contributed by atoms with Gasteiger partial charge in [-0.3, -0.25) is 0 Å². The maximum atomic E-state index is 5.90. The Morgan fingerprint density at radius 1 is 1.15 bits per heavy atom. The summed E-state index contributed by atoms with van der Waals surface area (Å²) in [6.45, 7) is 2.08. The second-order valence-corrected chi connectivity index (χ2v) is 3.08. The molecule has 0 unspecified atom stereocenters. The van der Waals surface area contributed by atoms with Crippen LogP contribution in [0.4, 0.5) is 5.82 Å². The molecule has 70 valence electrons. The number of nitrogens with zero attached hydrogens (tertiary/aromatic N) is 1. The average molecular weight is 197 g/mol. The van der Waals surface area contributed by atoms with E-state index in [1.807, 2.05) is 23.7 Å². The number of hydrogen-bond acceptors (Lipinski definition) is 1. The van der Waals surface area contributed by atoms with Gasteiger partial charge in [0, 0.05) is 23.5 Å². The molecular formula is C10H13ClN2. The van der Waals surface area contributed by atoms with Gasteiger partial charge in [0.25, 0.3) is 0 Å². The molecule has 0 amide bonds. The Labute approximate surface area is 83.8 Å². The first-order valence-electron chi connectivity index (χ1n) is 4.01. The van der Waals surface area contributed by atoms with Crippen molar-refractivity contribution in [2.75, 3.05) is 5.73 Å². The van der Waals surface area contributed by atoms with Gasteiger partial charge >= 0.3 is 0 Å². The normalized spacial score (nSPS) is 10.0. The Morgan fingerprint density at radius 3 is 2.23 bits per heavy atom. The first kappa shape index (κ1) is 9.93. The molecule has 0 spiro atoms. The average Bonchev–Trinajstić information content (AvgIpc) is 2.33. The lowest BCUT2D eigenvalue weighted by atomic mass is 10.2. The van der Waals surface area contributed by atoms with E-state index in [2.05, 4.69) is 19.1 Å². The molecule has 2 nitrogen and oxygen atoms in total. The highest BCUT2D eigenvalue weighted by Crippen LogP contribution is 2.25. The quantitative estimate of drug-likeness (QED) is 0.690. The third kappa shape index (κ3) is 1.27. The van der Waals surface area contributed by atoms with Crippen LogP contribution in [-0.2, 0) is 7.05 Å². The number of hydrogen-bond donors (Lipinski definition) is 1. The summed E-state index contributed by atoms with van der Waals surface area (Å²) in [5, 5.41) is 2.40. The van der Waals surface area contributed by atoms with E-state index < -0.39 is 0 Å². The number of halogens is 1. The molecule has 0 aliphatic heterocycles. The molecule has 2 N–H and O–H groups in total. The standard InChI is InChI=1S/C10H12N2.ClH/c1-7-8-5-3-4-6-9(8)10(11)12(7)2;/h3-6H,11H2,1-2H3;1H. The summed E-state index contributed by atoms with van der Waals surface area (Å²) < 4.78 is 2.02. The second kappa shape index (κ2) is 3.30. The molecule has 0 saturated carbocycles. The highest BCUT2D eigenvalue weighted by Gasteiger charge is 2.06. The summed E-state index contributed by atoms with van der Waals surface area (Å²) in [7, 11) is 1.99. The van der Waals surface area contributed by atoms with Crippen LogP contribution in [-0.4, -0.2) is 4.57 Å². The molecular weight excluding hydrogens is 184 g/mol. The molecule has 0 aliphatic carbocycles.